The molecule has 3 N–H and O–H groups in total. The van der Waals surface area contributed by atoms with E-state index >= 15 is 0 Å². The topological polar surface area (TPSA) is 74.5 Å². The second kappa shape index (κ2) is 6.98. The van der Waals surface area contributed by atoms with Gasteiger partial charge in [0.15, 0.2) is 0 Å². The first-order chi connectivity index (χ1) is 10.8. The van der Waals surface area contributed by atoms with E-state index in [2.05, 4.69) is 10.6 Å². The Labute approximate surface area is 136 Å². The highest BCUT2D eigenvalue weighted by molar-refractivity contribution is 5.88. The van der Waals surface area contributed by atoms with Crippen LogP contribution in [0.1, 0.15) is 36.5 Å². The summed E-state index contributed by atoms with van der Waals surface area (Å²) >= 11 is 0. The van der Waals surface area contributed by atoms with Crippen LogP contribution in [0.15, 0.2) is 34.7 Å². The average molecular weight is 316 g/mol. The van der Waals surface area contributed by atoms with Crippen molar-refractivity contribution in [1.29, 1.82) is 0 Å². The van der Waals surface area contributed by atoms with Crippen LogP contribution in [0.2, 0.25) is 0 Å². The molecule has 0 spiro atoms. The highest BCUT2D eigenvalue weighted by Gasteiger charge is 2.27. The predicted octanol–water partition coefficient (Wildman–Crippen LogP) is 2.85. The van der Waals surface area contributed by atoms with E-state index in [0.29, 0.717) is 13.1 Å². The minimum absolute atomic E-state index is 0.0855. The molecule has 1 aromatic heterocycles. The van der Waals surface area contributed by atoms with Crippen molar-refractivity contribution in [3.63, 3.8) is 0 Å². The van der Waals surface area contributed by atoms with Crippen LogP contribution in [0, 0.1) is 13.8 Å². The monoisotopic (exact) mass is 316 g/mol. The summed E-state index contributed by atoms with van der Waals surface area (Å²) in [4.78, 5) is 11.0. The fourth-order valence-electron chi connectivity index (χ4n) is 2.62. The highest BCUT2D eigenvalue weighted by atomic mass is 16.3. The first-order valence-electron chi connectivity index (χ1n) is 7.65. The summed E-state index contributed by atoms with van der Waals surface area (Å²) in [5.41, 5.74) is 1.68. The van der Waals surface area contributed by atoms with Gasteiger partial charge in [0.1, 0.15) is 17.1 Å². The Morgan fingerprint density at radius 1 is 1.26 bits per heavy atom. The van der Waals surface area contributed by atoms with Crippen molar-refractivity contribution in [2.45, 2.75) is 39.8 Å². The maximum absolute atomic E-state index is 11.0. The molecular weight excluding hydrogens is 292 g/mol. The minimum atomic E-state index is -0.988. The lowest BCUT2D eigenvalue weighted by Gasteiger charge is -2.23. The smallest absolute Gasteiger partial charge is 0.221 e. The third-order valence-corrected chi connectivity index (χ3v) is 3.69. The second-order valence-electron chi connectivity index (χ2n) is 6.08. The standard InChI is InChI=1S/C18H24N2O3/c1-12-9-17(13(2)23-12)18(4,22)11-19-10-15-5-7-16(8-6-15)20-14(3)21/h5-9,19,22H,10-11H2,1-4H3,(H,20,21). The molecule has 124 valence electrons. The molecule has 1 unspecified atom stereocenters. The van der Waals surface area contributed by atoms with Crippen molar-refractivity contribution in [1.82, 2.24) is 5.32 Å². The summed E-state index contributed by atoms with van der Waals surface area (Å²) in [6, 6.07) is 9.49. The molecule has 5 heteroatoms. The van der Waals surface area contributed by atoms with Crippen molar-refractivity contribution >= 4 is 11.6 Å². The maximum Gasteiger partial charge on any atom is 0.221 e. The average Bonchev–Trinajstić information content (AvgIpc) is 2.80. The molecule has 23 heavy (non-hydrogen) atoms. The van der Waals surface area contributed by atoms with Crippen molar-refractivity contribution in [3.8, 4) is 0 Å². The molecular formula is C18H24N2O3. The number of furan rings is 1. The molecule has 0 saturated heterocycles. The van der Waals surface area contributed by atoms with E-state index in [1.54, 1.807) is 6.92 Å². The molecule has 5 nitrogen and oxygen atoms in total. The molecule has 0 saturated carbocycles. The molecule has 0 radical (unpaired) electrons. The van der Waals surface area contributed by atoms with Crippen LogP contribution in [0.25, 0.3) is 0 Å². The molecule has 0 fully saturated rings. The number of nitrogens with one attached hydrogen (secondary N) is 2. The molecule has 1 heterocycles. The van der Waals surface area contributed by atoms with Gasteiger partial charge in [-0.3, -0.25) is 4.79 Å². The van der Waals surface area contributed by atoms with E-state index in [4.69, 9.17) is 4.42 Å². The van der Waals surface area contributed by atoms with Crippen LogP contribution in [0.3, 0.4) is 0 Å². The van der Waals surface area contributed by atoms with Gasteiger partial charge in [0.25, 0.3) is 0 Å². The normalized spacial score (nSPS) is 13.6. The highest BCUT2D eigenvalue weighted by Crippen LogP contribution is 2.26. The molecule has 1 atom stereocenters. The number of hydrogen-bond donors (Lipinski definition) is 3. The summed E-state index contributed by atoms with van der Waals surface area (Å²) < 4.78 is 5.49. The van der Waals surface area contributed by atoms with Crippen molar-refractivity contribution in [2.24, 2.45) is 0 Å². The van der Waals surface area contributed by atoms with Crippen LogP contribution in [-0.4, -0.2) is 17.6 Å². The summed E-state index contributed by atoms with van der Waals surface area (Å²) in [6.45, 7) is 8.04. The van der Waals surface area contributed by atoms with Crippen molar-refractivity contribution in [2.75, 3.05) is 11.9 Å². The summed E-state index contributed by atoms with van der Waals surface area (Å²) in [6.07, 6.45) is 0. The quantitative estimate of drug-likeness (QED) is 0.766. The summed E-state index contributed by atoms with van der Waals surface area (Å²) in [7, 11) is 0. The van der Waals surface area contributed by atoms with Crippen LogP contribution >= 0.6 is 0 Å². The Morgan fingerprint density at radius 2 is 1.91 bits per heavy atom. The number of rotatable bonds is 6. The van der Waals surface area contributed by atoms with Gasteiger partial charge >= 0.3 is 0 Å². The third-order valence-electron chi connectivity index (χ3n) is 3.69. The first-order valence-corrected chi connectivity index (χ1v) is 7.65. The molecule has 0 bridgehead atoms. The van der Waals surface area contributed by atoms with Crippen molar-refractivity contribution in [3.05, 3.63) is 53.0 Å². The van der Waals surface area contributed by atoms with Crippen LogP contribution < -0.4 is 10.6 Å². The van der Waals surface area contributed by atoms with E-state index in [1.165, 1.54) is 6.92 Å². The van der Waals surface area contributed by atoms with Crippen LogP contribution in [0.4, 0.5) is 5.69 Å². The van der Waals surface area contributed by atoms with Gasteiger partial charge in [-0.2, -0.15) is 0 Å². The lowest BCUT2D eigenvalue weighted by atomic mass is 9.96. The van der Waals surface area contributed by atoms with Gasteiger partial charge in [-0.1, -0.05) is 12.1 Å². The molecule has 0 aliphatic carbocycles. The van der Waals surface area contributed by atoms with E-state index in [9.17, 15) is 9.90 Å². The van der Waals surface area contributed by atoms with Gasteiger partial charge < -0.3 is 20.2 Å². The maximum atomic E-state index is 11.0. The molecule has 0 aliphatic heterocycles. The number of anilines is 1. The SMILES string of the molecule is CC(=O)Nc1ccc(CNCC(C)(O)c2cc(C)oc2C)cc1. The van der Waals surface area contributed by atoms with Gasteiger partial charge in [0, 0.05) is 31.3 Å². The number of carbonyl (C=O) groups is 1. The van der Waals surface area contributed by atoms with Gasteiger partial charge in [0.05, 0.1) is 0 Å². The third kappa shape index (κ3) is 4.68. The Kier molecular flexibility index (Phi) is 5.23. The Morgan fingerprint density at radius 3 is 2.43 bits per heavy atom. The van der Waals surface area contributed by atoms with Crippen molar-refractivity contribution < 1.29 is 14.3 Å². The molecule has 2 rings (SSSR count). The fourth-order valence-corrected chi connectivity index (χ4v) is 2.62. The van der Waals surface area contributed by atoms with Gasteiger partial charge in [-0.15, -0.1) is 0 Å². The number of amides is 1. The lowest BCUT2D eigenvalue weighted by molar-refractivity contribution is -0.114. The minimum Gasteiger partial charge on any atom is -0.466 e. The zero-order valence-electron chi connectivity index (χ0n) is 14.1. The predicted molar refractivity (Wildman–Crippen MR) is 90.2 cm³/mol. The number of carbonyl (C=O) groups excluding carboxylic acids is 1. The Balaban J connectivity index is 1.91. The van der Waals surface area contributed by atoms with E-state index in [1.807, 2.05) is 44.2 Å². The first kappa shape index (κ1) is 17.2. The Bertz CT molecular complexity index is 672. The number of aliphatic hydroxyl groups is 1. The number of benzene rings is 1. The van der Waals surface area contributed by atoms with Crippen LogP contribution in [0.5, 0.6) is 0 Å². The van der Waals surface area contributed by atoms with E-state index < -0.39 is 5.60 Å². The largest absolute Gasteiger partial charge is 0.466 e. The number of aryl methyl sites for hydroxylation is 2. The van der Waals surface area contributed by atoms with Gasteiger partial charge in [0.2, 0.25) is 5.91 Å². The van der Waals surface area contributed by atoms with Gasteiger partial charge in [-0.25, -0.2) is 0 Å². The lowest BCUT2D eigenvalue weighted by Crippen LogP contribution is -2.35. The zero-order valence-corrected chi connectivity index (χ0v) is 14.1. The molecule has 1 aromatic carbocycles. The van der Waals surface area contributed by atoms with E-state index in [0.717, 1.165) is 28.3 Å². The van der Waals surface area contributed by atoms with Crippen LogP contribution in [-0.2, 0) is 16.9 Å². The summed E-state index contributed by atoms with van der Waals surface area (Å²) in [5, 5.41) is 16.6. The molecule has 1 amide bonds. The van der Waals surface area contributed by atoms with E-state index in [-0.39, 0.29) is 5.91 Å². The summed E-state index contributed by atoms with van der Waals surface area (Å²) in [5.74, 6) is 1.46. The Hall–Kier alpha value is -2.11. The zero-order chi connectivity index (χ0) is 17.0. The van der Waals surface area contributed by atoms with Gasteiger partial charge in [-0.05, 0) is 44.5 Å². The molecule has 0 aliphatic rings. The second-order valence-corrected chi connectivity index (χ2v) is 6.08. The fraction of sp³-hybridized carbons (Fsp3) is 0.389. The molecule has 2 aromatic rings. The number of hydrogen-bond acceptors (Lipinski definition) is 4.